The van der Waals surface area contributed by atoms with Gasteiger partial charge in [-0.25, -0.2) is 4.79 Å². The van der Waals surface area contributed by atoms with Gasteiger partial charge in [0, 0.05) is 29.8 Å². The normalized spacial score (nSPS) is 10.8. The van der Waals surface area contributed by atoms with Gasteiger partial charge in [0.05, 0.1) is 4.70 Å². The average molecular weight is 327 g/mol. The number of fused-ring (bicyclic) bond motifs is 1. The summed E-state index contributed by atoms with van der Waals surface area (Å²) < 4.78 is 0.816. The Bertz CT molecular complexity index is 900. The monoisotopic (exact) mass is 327 g/mol. The fraction of sp³-hybridized carbons (Fsp3) is 0.118. The fourth-order valence-corrected chi connectivity index (χ4v) is 3.34. The van der Waals surface area contributed by atoms with Crippen LogP contribution in [0.1, 0.15) is 21.7 Å². The maximum Gasteiger partial charge on any atom is 0.345 e. The molecule has 2 aromatic heterocycles. The molecule has 0 saturated carbocycles. The second-order valence-corrected chi connectivity index (χ2v) is 6.19. The lowest BCUT2D eigenvalue weighted by molar-refractivity contribution is -0.136. The van der Waals surface area contributed by atoms with E-state index in [-0.39, 0.29) is 11.3 Å². The molecule has 6 heteroatoms. The molecule has 23 heavy (non-hydrogen) atoms. The van der Waals surface area contributed by atoms with E-state index >= 15 is 0 Å². The number of rotatable bonds is 5. The van der Waals surface area contributed by atoms with E-state index in [9.17, 15) is 9.59 Å². The molecule has 0 atom stereocenters. The first-order valence-electron chi connectivity index (χ1n) is 6.96. The third-order valence-corrected chi connectivity index (χ3v) is 4.58. The van der Waals surface area contributed by atoms with Gasteiger partial charge in [0.2, 0.25) is 0 Å². The Hall–Kier alpha value is -2.73. The van der Waals surface area contributed by atoms with Crippen LogP contribution in [0.2, 0.25) is 0 Å². The summed E-state index contributed by atoms with van der Waals surface area (Å²) in [5.74, 6) is -1.78. The van der Waals surface area contributed by atoms with Crippen LogP contribution in [0.5, 0.6) is 0 Å². The van der Waals surface area contributed by atoms with Gasteiger partial charge < -0.3 is 10.2 Å². The molecular weight excluding hydrogens is 314 g/mol. The number of aryl methyl sites for hydroxylation is 1. The molecule has 0 bridgehead atoms. The zero-order valence-electron chi connectivity index (χ0n) is 12.0. The minimum Gasteiger partial charge on any atom is -0.481 e. The van der Waals surface area contributed by atoms with Crippen molar-refractivity contribution < 1.29 is 19.8 Å². The van der Waals surface area contributed by atoms with Gasteiger partial charge in [-0.15, -0.1) is 11.3 Å². The summed E-state index contributed by atoms with van der Waals surface area (Å²) in [5.41, 5.74) is 2.68. The molecule has 2 heterocycles. The number of pyridine rings is 1. The highest BCUT2D eigenvalue weighted by Gasteiger charge is 2.13. The molecule has 1 aromatic carbocycles. The van der Waals surface area contributed by atoms with Crippen LogP contribution in [0.15, 0.2) is 42.7 Å². The van der Waals surface area contributed by atoms with Gasteiger partial charge in [-0.2, -0.15) is 0 Å². The molecule has 0 aliphatic carbocycles. The molecule has 5 nitrogen and oxygen atoms in total. The summed E-state index contributed by atoms with van der Waals surface area (Å²) in [7, 11) is 0. The second-order valence-electron chi connectivity index (χ2n) is 5.11. The Balaban J connectivity index is 2.04. The standard InChI is InChI=1S/C17H13NO4S/c19-16(20)5-4-10-2-1-3-11(6-10)13-8-18-9-15-12(13)7-14(23-15)17(21)22/h1-3,6-9H,4-5H2,(H,19,20)(H,21,22). The van der Waals surface area contributed by atoms with Crippen LogP contribution in [-0.4, -0.2) is 27.1 Å². The van der Waals surface area contributed by atoms with Gasteiger partial charge in [0.15, 0.2) is 0 Å². The molecule has 0 aliphatic rings. The smallest absolute Gasteiger partial charge is 0.345 e. The topological polar surface area (TPSA) is 87.5 Å². The molecule has 0 unspecified atom stereocenters. The quantitative estimate of drug-likeness (QED) is 0.746. The van der Waals surface area contributed by atoms with Crippen molar-refractivity contribution >= 4 is 33.4 Å². The Morgan fingerprint density at radius 2 is 1.96 bits per heavy atom. The Morgan fingerprint density at radius 3 is 2.70 bits per heavy atom. The highest BCUT2D eigenvalue weighted by atomic mass is 32.1. The highest BCUT2D eigenvalue weighted by Crippen LogP contribution is 2.33. The number of aromatic carboxylic acids is 1. The summed E-state index contributed by atoms with van der Waals surface area (Å²) in [6.07, 6.45) is 3.89. The molecule has 0 spiro atoms. The number of aliphatic carboxylic acids is 1. The lowest BCUT2D eigenvalue weighted by atomic mass is 10.00. The first kappa shape index (κ1) is 15.2. The molecule has 2 N–H and O–H groups in total. The largest absolute Gasteiger partial charge is 0.481 e. The Kier molecular flexibility index (Phi) is 4.08. The maximum absolute atomic E-state index is 11.2. The van der Waals surface area contributed by atoms with E-state index in [2.05, 4.69) is 4.98 Å². The summed E-state index contributed by atoms with van der Waals surface area (Å²) in [6.45, 7) is 0. The van der Waals surface area contributed by atoms with Crippen molar-refractivity contribution in [3.05, 3.63) is 53.2 Å². The summed E-state index contributed by atoms with van der Waals surface area (Å²) >= 11 is 1.19. The average Bonchev–Trinajstić information content (AvgIpc) is 2.97. The van der Waals surface area contributed by atoms with E-state index in [0.717, 1.165) is 26.8 Å². The van der Waals surface area contributed by atoms with Gasteiger partial charge in [0.1, 0.15) is 4.88 Å². The molecule has 0 aliphatic heterocycles. The highest BCUT2D eigenvalue weighted by molar-refractivity contribution is 7.20. The van der Waals surface area contributed by atoms with Crippen LogP contribution in [-0.2, 0) is 11.2 Å². The fourth-order valence-electron chi connectivity index (χ4n) is 2.44. The summed E-state index contributed by atoms with van der Waals surface area (Å²) in [4.78, 5) is 26.3. The van der Waals surface area contributed by atoms with E-state index in [0.29, 0.717) is 6.42 Å². The van der Waals surface area contributed by atoms with E-state index in [1.165, 1.54) is 11.3 Å². The van der Waals surface area contributed by atoms with Crippen LogP contribution >= 0.6 is 11.3 Å². The number of benzene rings is 1. The van der Waals surface area contributed by atoms with Crippen molar-refractivity contribution in [2.45, 2.75) is 12.8 Å². The molecular formula is C17H13NO4S. The lowest BCUT2D eigenvalue weighted by Gasteiger charge is -2.06. The van der Waals surface area contributed by atoms with Crippen molar-refractivity contribution in [1.29, 1.82) is 0 Å². The van der Waals surface area contributed by atoms with Crippen molar-refractivity contribution in [3.8, 4) is 11.1 Å². The molecule has 0 radical (unpaired) electrons. The number of aromatic nitrogens is 1. The van der Waals surface area contributed by atoms with Crippen molar-refractivity contribution in [2.75, 3.05) is 0 Å². The predicted octanol–water partition coefficient (Wildman–Crippen LogP) is 3.68. The predicted molar refractivity (Wildman–Crippen MR) is 88.0 cm³/mol. The minimum atomic E-state index is -0.952. The second kappa shape index (κ2) is 6.18. The van der Waals surface area contributed by atoms with Crippen molar-refractivity contribution in [3.63, 3.8) is 0 Å². The number of thiophene rings is 1. The van der Waals surface area contributed by atoms with Crippen molar-refractivity contribution in [2.24, 2.45) is 0 Å². The van der Waals surface area contributed by atoms with Crippen LogP contribution in [0.25, 0.3) is 21.2 Å². The number of hydrogen-bond acceptors (Lipinski definition) is 4. The SMILES string of the molecule is O=C(O)CCc1cccc(-c2cncc3sc(C(=O)O)cc23)c1. The molecule has 0 amide bonds. The number of hydrogen-bond donors (Lipinski definition) is 2. The lowest BCUT2D eigenvalue weighted by Crippen LogP contribution is -1.97. The Labute approximate surface area is 135 Å². The maximum atomic E-state index is 11.2. The molecule has 0 fully saturated rings. The number of carbonyl (C=O) groups is 2. The van der Waals surface area contributed by atoms with Gasteiger partial charge in [-0.1, -0.05) is 24.3 Å². The van der Waals surface area contributed by atoms with Crippen LogP contribution in [0, 0.1) is 0 Å². The van der Waals surface area contributed by atoms with E-state index in [1.807, 2.05) is 24.3 Å². The number of carboxylic acid groups (broad SMARTS) is 2. The van der Waals surface area contributed by atoms with Crippen LogP contribution in [0.3, 0.4) is 0 Å². The zero-order chi connectivity index (χ0) is 16.4. The van der Waals surface area contributed by atoms with Gasteiger partial charge >= 0.3 is 11.9 Å². The van der Waals surface area contributed by atoms with E-state index in [4.69, 9.17) is 10.2 Å². The van der Waals surface area contributed by atoms with Gasteiger partial charge in [-0.3, -0.25) is 9.78 Å². The molecule has 3 rings (SSSR count). The van der Waals surface area contributed by atoms with Gasteiger partial charge in [-0.05, 0) is 23.6 Å². The minimum absolute atomic E-state index is 0.0769. The zero-order valence-corrected chi connectivity index (χ0v) is 12.8. The molecule has 0 saturated heterocycles. The van der Waals surface area contributed by atoms with Crippen LogP contribution in [0.4, 0.5) is 0 Å². The summed E-state index contributed by atoms with van der Waals surface area (Å²) in [5, 5.41) is 18.8. The third-order valence-electron chi connectivity index (χ3n) is 3.52. The molecule has 116 valence electrons. The van der Waals surface area contributed by atoms with Crippen molar-refractivity contribution in [1.82, 2.24) is 4.98 Å². The van der Waals surface area contributed by atoms with Gasteiger partial charge in [0.25, 0.3) is 0 Å². The van der Waals surface area contributed by atoms with Crippen LogP contribution < -0.4 is 0 Å². The first-order valence-corrected chi connectivity index (χ1v) is 7.78. The molecule has 3 aromatic rings. The number of nitrogens with zero attached hydrogens (tertiary/aromatic N) is 1. The van der Waals surface area contributed by atoms with E-state index < -0.39 is 11.9 Å². The first-order chi connectivity index (χ1) is 11.0. The summed E-state index contributed by atoms with van der Waals surface area (Å²) in [6, 6.07) is 9.26. The Morgan fingerprint density at radius 1 is 1.13 bits per heavy atom. The van der Waals surface area contributed by atoms with E-state index in [1.54, 1.807) is 18.5 Å². The number of carboxylic acids is 2. The third kappa shape index (κ3) is 3.22.